The zero-order chi connectivity index (χ0) is 23.7. The molecule has 0 saturated heterocycles. The number of amides is 1. The topological polar surface area (TPSA) is 90.4 Å². The fourth-order valence-corrected chi connectivity index (χ4v) is 3.77. The van der Waals surface area contributed by atoms with Gasteiger partial charge in [0, 0.05) is 24.2 Å². The molecule has 172 valence electrons. The molecule has 33 heavy (non-hydrogen) atoms. The van der Waals surface area contributed by atoms with Gasteiger partial charge in [-0.3, -0.25) is 14.2 Å². The van der Waals surface area contributed by atoms with Crippen molar-refractivity contribution in [3.63, 3.8) is 0 Å². The largest absolute Gasteiger partial charge is 0.352 e. The molecule has 2 aromatic carbocycles. The number of carbonyl (C=O) groups excluding carboxylic acids is 1. The van der Waals surface area contributed by atoms with E-state index in [9.17, 15) is 18.8 Å². The average molecular weight is 452 g/mol. The molecule has 1 N–H and O–H groups in total. The van der Waals surface area contributed by atoms with E-state index in [1.54, 1.807) is 30.3 Å². The van der Waals surface area contributed by atoms with E-state index in [0.29, 0.717) is 41.5 Å². The molecule has 0 bridgehead atoms. The molecule has 8 nitrogen and oxygen atoms in total. The van der Waals surface area contributed by atoms with Crippen LogP contribution in [0.15, 0.2) is 52.1 Å². The summed E-state index contributed by atoms with van der Waals surface area (Å²) in [5, 5.41) is 7.53. The van der Waals surface area contributed by atoms with Gasteiger partial charge in [0.25, 0.3) is 11.5 Å². The average Bonchev–Trinajstić information content (AvgIpc) is 3.12. The fraction of sp³-hybridized carbons (Fsp3) is 0.333. The highest BCUT2D eigenvalue weighted by molar-refractivity contribution is 5.98. The Morgan fingerprint density at radius 3 is 2.61 bits per heavy atom. The maximum absolute atomic E-state index is 14.2. The van der Waals surface area contributed by atoms with Crippen LogP contribution < -0.4 is 16.6 Å². The lowest BCUT2D eigenvalue weighted by Crippen LogP contribution is -2.29. The van der Waals surface area contributed by atoms with E-state index in [-0.39, 0.29) is 29.7 Å². The molecule has 0 aliphatic heterocycles. The second-order valence-corrected chi connectivity index (χ2v) is 8.46. The van der Waals surface area contributed by atoms with Gasteiger partial charge in [-0.2, -0.15) is 0 Å². The summed E-state index contributed by atoms with van der Waals surface area (Å²) in [6.45, 7) is 6.69. The molecule has 2 heterocycles. The Morgan fingerprint density at radius 1 is 1.15 bits per heavy atom. The Kier molecular flexibility index (Phi) is 6.13. The number of benzene rings is 2. The number of aromatic nitrogens is 4. The van der Waals surface area contributed by atoms with Gasteiger partial charge >= 0.3 is 5.69 Å². The van der Waals surface area contributed by atoms with Crippen LogP contribution >= 0.6 is 0 Å². The molecule has 0 unspecified atom stereocenters. The number of rotatable bonds is 7. The SMILES string of the molecule is CCCn1c(=O)c2ccc(C(=O)NCC(C)C)cc2n2c(=O)n(Cc3ccccc3F)nc12. The Labute approximate surface area is 189 Å². The minimum atomic E-state index is -0.511. The van der Waals surface area contributed by atoms with Crippen molar-refractivity contribution in [3.05, 3.63) is 80.2 Å². The lowest BCUT2D eigenvalue weighted by Gasteiger charge is -2.11. The number of fused-ring (bicyclic) bond motifs is 3. The first-order valence-electron chi connectivity index (χ1n) is 11.0. The number of nitrogens with zero attached hydrogens (tertiary/aromatic N) is 4. The summed E-state index contributed by atoms with van der Waals surface area (Å²) >= 11 is 0. The number of hydrogen-bond acceptors (Lipinski definition) is 4. The Balaban J connectivity index is 1.94. The van der Waals surface area contributed by atoms with Gasteiger partial charge in [0.05, 0.1) is 17.4 Å². The van der Waals surface area contributed by atoms with Gasteiger partial charge in [-0.1, -0.05) is 39.0 Å². The minimum absolute atomic E-state index is 0.0798. The molecule has 0 aliphatic carbocycles. The van der Waals surface area contributed by atoms with Gasteiger partial charge in [-0.05, 0) is 36.6 Å². The second-order valence-electron chi connectivity index (χ2n) is 8.46. The van der Waals surface area contributed by atoms with Crippen LogP contribution in [-0.4, -0.2) is 31.2 Å². The van der Waals surface area contributed by atoms with Crippen molar-refractivity contribution < 1.29 is 9.18 Å². The first kappa shape index (κ1) is 22.4. The molecule has 0 aliphatic rings. The molecule has 4 aromatic rings. The van der Waals surface area contributed by atoms with Crippen LogP contribution in [0, 0.1) is 11.7 Å². The predicted molar refractivity (Wildman–Crippen MR) is 124 cm³/mol. The van der Waals surface area contributed by atoms with Crippen LogP contribution in [0.5, 0.6) is 0 Å². The monoisotopic (exact) mass is 451 g/mol. The van der Waals surface area contributed by atoms with Gasteiger partial charge in [-0.15, -0.1) is 5.10 Å². The number of halogens is 1. The van der Waals surface area contributed by atoms with E-state index in [4.69, 9.17) is 0 Å². The van der Waals surface area contributed by atoms with Crippen molar-refractivity contribution in [1.29, 1.82) is 0 Å². The summed E-state index contributed by atoms with van der Waals surface area (Å²) in [5.41, 5.74) is 0.139. The van der Waals surface area contributed by atoms with Crippen molar-refractivity contribution in [2.24, 2.45) is 5.92 Å². The third-order valence-electron chi connectivity index (χ3n) is 5.44. The Hall–Kier alpha value is -3.75. The maximum atomic E-state index is 14.2. The maximum Gasteiger partial charge on any atom is 0.352 e. The second kappa shape index (κ2) is 9.01. The molecule has 2 aromatic heterocycles. The number of aryl methyl sites for hydroxylation is 1. The Morgan fingerprint density at radius 2 is 1.91 bits per heavy atom. The first-order chi connectivity index (χ1) is 15.8. The molecule has 0 spiro atoms. The lowest BCUT2D eigenvalue weighted by atomic mass is 10.1. The van der Waals surface area contributed by atoms with Gasteiger partial charge in [0.1, 0.15) is 5.82 Å². The molecule has 0 saturated carbocycles. The Bertz CT molecular complexity index is 1460. The van der Waals surface area contributed by atoms with Crippen molar-refractivity contribution in [3.8, 4) is 0 Å². The van der Waals surface area contributed by atoms with Crippen LogP contribution in [0.3, 0.4) is 0 Å². The zero-order valence-electron chi connectivity index (χ0n) is 18.8. The minimum Gasteiger partial charge on any atom is -0.352 e. The third-order valence-corrected chi connectivity index (χ3v) is 5.44. The summed E-state index contributed by atoms with van der Waals surface area (Å²) in [6.07, 6.45) is 0.658. The van der Waals surface area contributed by atoms with E-state index in [1.807, 2.05) is 20.8 Å². The van der Waals surface area contributed by atoms with E-state index in [2.05, 4.69) is 10.4 Å². The normalized spacial score (nSPS) is 11.5. The van der Waals surface area contributed by atoms with E-state index in [1.165, 1.54) is 21.1 Å². The zero-order valence-corrected chi connectivity index (χ0v) is 18.8. The summed E-state index contributed by atoms with van der Waals surface area (Å²) in [6, 6.07) is 10.8. The number of hydrogen-bond donors (Lipinski definition) is 1. The van der Waals surface area contributed by atoms with Crippen LogP contribution in [-0.2, 0) is 13.1 Å². The van der Waals surface area contributed by atoms with Crippen molar-refractivity contribution in [2.75, 3.05) is 6.54 Å². The molecular weight excluding hydrogens is 425 g/mol. The van der Waals surface area contributed by atoms with E-state index >= 15 is 0 Å². The lowest BCUT2D eigenvalue weighted by molar-refractivity contribution is 0.0949. The van der Waals surface area contributed by atoms with Gasteiger partial charge in [-0.25, -0.2) is 18.3 Å². The van der Waals surface area contributed by atoms with Crippen molar-refractivity contribution in [2.45, 2.75) is 40.3 Å². The van der Waals surface area contributed by atoms with Crippen LogP contribution in [0.4, 0.5) is 4.39 Å². The van der Waals surface area contributed by atoms with Crippen LogP contribution in [0.2, 0.25) is 0 Å². The summed E-state index contributed by atoms with van der Waals surface area (Å²) in [7, 11) is 0. The van der Waals surface area contributed by atoms with Crippen LogP contribution in [0.25, 0.3) is 16.7 Å². The van der Waals surface area contributed by atoms with Gasteiger partial charge in [0.15, 0.2) is 0 Å². The smallest absolute Gasteiger partial charge is 0.352 e. The molecule has 9 heteroatoms. The summed E-state index contributed by atoms with van der Waals surface area (Å²) in [5.74, 6) is -0.290. The van der Waals surface area contributed by atoms with E-state index < -0.39 is 11.5 Å². The van der Waals surface area contributed by atoms with Crippen molar-refractivity contribution >= 4 is 22.6 Å². The van der Waals surface area contributed by atoms with E-state index in [0.717, 1.165) is 4.68 Å². The molecular formula is C24H26FN5O3. The number of nitrogens with one attached hydrogen (secondary N) is 1. The highest BCUT2D eigenvalue weighted by Gasteiger charge is 2.19. The summed E-state index contributed by atoms with van der Waals surface area (Å²) < 4.78 is 18.1. The fourth-order valence-electron chi connectivity index (χ4n) is 3.77. The predicted octanol–water partition coefficient (Wildman–Crippen LogP) is 2.79. The highest BCUT2D eigenvalue weighted by Crippen LogP contribution is 2.15. The molecule has 0 fully saturated rings. The van der Waals surface area contributed by atoms with Gasteiger partial charge in [0.2, 0.25) is 5.78 Å². The highest BCUT2D eigenvalue weighted by atomic mass is 19.1. The quantitative estimate of drug-likeness (QED) is 0.468. The number of carbonyl (C=O) groups is 1. The summed E-state index contributed by atoms with van der Waals surface area (Å²) in [4.78, 5) is 39.2. The molecule has 4 rings (SSSR count). The van der Waals surface area contributed by atoms with Crippen molar-refractivity contribution in [1.82, 2.24) is 24.1 Å². The third kappa shape index (κ3) is 4.18. The van der Waals surface area contributed by atoms with Gasteiger partial charge < -0.3 is 5.32 Å². The standard InChI is InChI=1S/C24H26FN5O3/c1-4-11-28-22(32)18-10-9-16(21(31)26-13-15(2)3)12-20(18)30-23(28)27-29(24(30)33)14-17-7-5-6-8-19(17)25/h5-10,12,15H,4,11,13-14H2,1-3H3,(H,26,31). The molecule has 1 amide bonds. The molecule has 0 radical (unpaired) electrons. The first-order valence-corrected chi connectivity index (χ1v) is 11.0. The molecule has 0 atom stereocenters. The van der Waals surface area contributed by atoms with Crippen LogP contribution in [0.1, 0.15) is 43.1 Å².